The lowest BCUT2D eigenvalue weighted by molar-refractivity contribution is -0.160. The summed E-state index contributed by atoms with van der Waals surface area (Å²) in [7, 11) is -4.52. The summed E-state index contributed by atoms with van der Waals surface area (Å²) >= 11 is 0. The third kappa shape index (κ3) is 23.7. The van der Waals surface area contributed by atoms with Crippen LogP contribution in [0.5, 0.6) is 0 Å². The Balaban J connectivity index is 2.40. The Labute approximate surface area is 267 Å². The third-order valence-corrected chi connectivity index (χ3v) is 8.94. The molecule has 0 amide bonds. The summed E-state index contributed by atoms with van der Waals surface area (Å²) in [5.41, 5.74) is 0. The molecular weight excluding hydrogens is 587 g/mol. The molecule has 0 aliphatic carbocycles. The van der Waals surface area contributed by atoms with Gasteiger partial charge < -0.3 is 29.3 Å². The van der Waals surface area contributed by atoms with Crippen molar-refractivity contribution < 1.29 is 47.7 Å². The number of hydrogen-bond acceptors (Lipinski definition) is 9. The van der Waals surface area contributed by atoms with Gasteiger partial charge in [0.15, 0.2) is 5.79 Å². The van der Waals surface area contributed by atoms with Crippen LogP contribution >= 0.6 is 7.82 Å². The number of carbonyl (C=O) groups excluding carboxylic acids is 1. The van der Waals surface area contributed by atoms with Crippen molar-refractivity contribution in [3.8, 4) is 0 Å². The van der Waals surface area contributed by atoms with Gasteiger partial charge in [-0.3, -0.25) is 13.8 Å². The Morgan fingerprint density at radius 1 is 0.750 bits per heavy atom. The molecule has 0 radical (unpaired) electrons. The normalized spacial score (nSPS) is 19.0. The van der Waals surface area contributed by atoms with Crippen LogP contribution in [0.25, 0.3) is 0 Å². The Bertz CT molecular complexity index is 733. The molecule has 1 aliphatic heterocycles. The molecule has 1 aliphatic rings. The maximum Gasteiger partial charge on any atom is 0.472 e. The van der Waals surface area contributed by atoms with Crippen LogP contribution in [0, 0.1) is 0 Å². The first kappa shape index (κ1) is 41.4. The van der Waals surface area contributed by atoms with Crippen molar-refractivity contribution in [2.45, 2.75) is 173 Å². The minimum absolute atomic E-state index is 0.140. The van der Waals surface area contributed by atoms with Crippen LogP contribution in [0.4, 0.5) is 0 Å². The van der Waals surface area contributed by atoms with Crippen LogP contribution in [-0.2, 0) is 32.6 Å². The van der Waals surface area contributed by atoms with Gasteiger partial charge in [-0.25, -0.2) is 4.57 Å². The Morgan fingerprint density at radius 2 is 1.20 bits per heavy atom. The number of rotatable bonds is 33. The van der Waals surface area contributed by atoms with E-state index >= 15 is 0 Å². The molecule has 11 heteroatoms. The molecule has 4 atom stereocenters. The zero-order valence-electron chi connectivity index (χ0n) is 27.9. The fourth-order valence-electron chi connectivity index (χ4n) is 5.12. The quantitative estimate of drug-likeness (QED) is 0.0278. The van der Waals surface area contributed by atoms with Gasteiger partial charge in [0.1, 0.15) is 25.4 Å². The van der Waals surface area contributed by atoms with Gasteiger partial charge in [-0.15, -0.1) is 0 Å². The van der Waals surface area contributed by atoms with Crippen LogP contribution in [0.1, 0.15) is 155 Å². The first-order valence-corrected chi connectivity index (χ1v) is 19.1. The summed E-state index contributed by atoms with van der Waals surface area (Å²) in [6, 6.07) is 0. The summed E-state index contributed by atoms with van der Waals surface area (Å²) in [4.78, 5) is 22.4. The highest BCUT2D eigenvalue weighted by Gasteiger charge is 2.48. The molecular formula is C33H65O10P. The average molecular weight is 653 g/mol. The Morgan fingerprint density at radius 3 is 1.68 bits per heavy atom. The van der Waals surface area contributed by atoms with E-state index < -0.39 is 39.0 Å². The summed E-state index contributed by atoms with van der Waals surface area (Å²) in [5.74, 6) is -1.14. The molecule has 0 bridgehead atoms. The van der Waals surface area contributed by atoms with E-state index in [1.165, 1.54) is 89.9 Å². The number of hydrogen-bond donors (Lipinski definition) is 3. The van der Waals surface area contributed by atoms with Gasteiger partial charge in [-0.1, -0.05) is 129 Å². The largest absolute Gasteiger partial charge is 0.472 e. The molecule has 44 heavy (non-hydrogen) atoms. The van der Waals surface area contributed by atoms with Crippen molar-refractivity contribution in [2.24, 2.45) is 0 Å². The lowest BCUT2D eigenvalue weighted by atomic mass is 10.0. The highest BCUT2D eigenvalue weighted by Crippen LogP contribution is 2.44. The molecule has 1 heterocycles. The number of carbonyl (C=O) groups is 1. The summed E-state index contributed by atoms with van der Waals surface area (Å²) in [5, 5.41) is 18.3. The van der Waals surface area contributed by atoms with Crippen molar-refractivity contribution in [3.05, 3.63) is 0 Å². The second-order valence-electron chi connectivity index (χ2n) is 12.4. The maximum absolute atomic E-state index is 12.4. The second-order valence-corrected chi connectivity index (χ2v) is 13.8. The highest BCUT2D eigenvalue weighted by atomic mass is 31.2. The van der Waals surface area contributed by atoms with Crippen LogP contribution in [-0.4, -0.2) is 72.1 Å². The molecule has 0 saturated carbocycles. The van der Waals surface area contributed by atoms with Crippen LogP contribution in [0.15, 0.2) is 0 Å². The van der Waals surface area contributed by atoms with E-state index in [0.717, 1.165) is 38.5 Å². The number of unbranched alkanes of at least 4 members (excludes halogenated alkanes) is 18. The number of phosphoric ester groups is 1. The van der Waals surface area contributed by atoms with Crippen LogP contribution in [0.3, 0.4) is 0 Å². The van der Waals surface area contributed by atoms with Crippen molar-refractivity contribution in [1.29, 1.82) is 0 Å². The van der Waals surface area contributed by atoms with E-state index in [2.05, 4.69) is 13.8 Å². The van der Waals surface area contributed by atoms with E-state index in [1.807, 2.05) is 0 Å². The third-order valence-electron chi connectivity index (χ3n) is 7.99. The first-order chi connectivity index (χ1) is 21.3. The minimum Gasteiger partial charge on any atom is -0.463 e. The van der Waals surface area contributed by atoms with Gasteiger partial charge in [0, 0.05) is 12.8 Å². The lowest BCUT2D eigenvalue weighted by Gasteiger charge is -2.23. The van der Waals surface area contributed by atoms with Gasteiger partial charge >= 0.3 is 13.8 Å². The molecule has 3 N–H and O–H groups in total. The molecule has 10 nitrogen and oxygen atoms in total. The number of epoxide rings is 1. The summed E-state index contributed by atoms with van der Waals surface area (Å²) < 4.78 is 39.3. The molecule has 0 aromatic rings. The number of aliphatic hydroxyl groups is 2. The monoisotopic (exact) mass is 652 g/mol. The maximum atomic E-state index is 12.4. The van der Waals surface area contributed by atoms with Crippen molar-refractivity contribution in [2.75, 3.05) is 33.0 Å². The molecule has 1 fully saturated rings. The van der Waals surface area contributed by atoms with Gasteiger partial charge in [0.2, 0.25) is 0 Å². The van der Waals surface area contributed by atoms with E-state index in [0.29, 0.717) is 19.4 Å². The molecule has 1 saturated heterocycles. The molecule has 0 aromatic carbocycles. The van der Waals surface area contributed by atoms with Crippen molar-refractivity contribution >= 4 is 13.8 Å². The summed E-state index contributed by atoms with van der Waals surface area (Å²) in [6.45, 7) is 3.19. The SMILES string of the molecule is CCCCCCCCCCCCC(=O)OC[C@H](COP(=O)(O)OC[C@@H](O)CO)O[C@]1(CCCCCCCCCCCC)CO1. The fourth-order valence-corrected chi connectivity index (χ4v) is 5.91. The number of ether oxygens (including phenoxy) is 3. The number of esters is 1. The minimum atomic E-state index is -4.52. The smallest absolute Gasteiger partial charge is 0.463 e. The molecule has 0 spiro atoms. The number of aliphatic hydroxyl groups excluding tert-OH is 2. The average Bonchev–Trinajstić information content (AvgIpc) is 3.78. The van der Waals surface area contributed by atoms with Gasteiger partial charge in [-0.05, 0) is 12.8 Å². The van der Waals surface area contributed by atoms with Crippen LogP contribution < -0.4 is 0 Å². The molecule has 1 rings (SSSR count). The molecule has 0 aromatic heterocycles. The fraction of sp³-hybridized carbons (Fsp3) is 0.970. The zero-order valence-corrected chi connectivity index (χ0v) is 28.8. The van der Waals surface area contributed by atoms with E-state index in [1.54, 1.807) is 0 Å². The topological polar surface area (TPSA) is 144 Å². The molecule has 262 valence electrons. The van der Waals surface area contributed by atoms with Gasteiger partial charge in [-0.2, -0.15) is 0 Å². The Kier molecular flexibility index (Phi) is 24.9. The van der Waals surface area contributed by atoms with Crippen molar-refractivity contribution in [1.82, 2.24) is 0 Å². The summed E-state index contributed by atoms with van der Waals surface area (Å²) in [6.07, 6.45) is 22.8. The van der Waals surface area contributed by atoms with Gasteiger partial charge in [0.25, 0.3) is 0 Å². The van der Waals surface area contributed by atoms with Crippen LogP contribution in [0.2, 0.25) is 0 Å². The molecule has 1 unspecified atom stereocenters. The second kappa shape index (κ2) is 26.5. The van der Waals surface area contributed by atoms with E-state index in [-0.39, 0.29) is 19.2 Å². The number of phosphoric acid groups is 1. The first-order valence-electron chi connectivity index (χ1n) is 17.6. The van der Waals surface area contributed by atoms with E-state index in [9.17, 15) is 19.4 Å². The van der Waals surface area contributed by atoms with Gasteiger partial charge in [0.05, 0.1) is 19.8 Å². The van der Waals surface area contributed by atoms with E-state index in [4.69, 9.17) is 28.4 Å². The Hall–Kier alpha value is -0.580. The standard InChI is InChI=1S/C33H65O10P/c1-3-5-7-9-11-13-15-17-19-21-23-32(36)39-27-31(28-42-44(37,38)41-26-30(35)25-34)43-33(29-40-33)24-22-20-18-16-14-12-10-8-6-4-2/h30-31,34-35H,3-29H2,1-2H3,(H,37,38)/t30-,31+,33+/m0/s1. The van der Waals surface area contributed by atoms with Crippen molar-refractivity contribution in [3.63, 3.8) is 0 Å². The predicted molar refractivity (Wildman–Crippen MR) is 172 cm³/mol. The predicted octanol–water partition coefficient (Wildman–Crippen LogP) is 7.75. The highest BCUT2D eigenvalue weighted by molar-refractivity contribution is 7.47. The lowest BCUT2D eigenvalue weighted by Crippen LogP contribution is -2.33. The zero-order chi connectivity index (χ0) is 32.4.